The zero-order valence-corrected chi connectivity index (χ0v) is 26.5. The summed E-state index contributed by atoms with van der Waals surface area (Å²) in [5.74, 6) is 0.453. The Morgan fingerprint density at radius 3 is 1.51 bits per heavy atom. The highest BCUT2D eigenvalue weighted by atomic mass is 32.1. The smallest absolute Gasteiger partial charge is 0.164 e. The molecule has 0 spiro atoms. The lowest BCUT2D eigenvalue weighted by atomic mass is 10.0. The fourth-order valence-corrected chi connectivity index (χ4v) is 6.72. The molecule has 4 heteroatoms. The van der Waals surface area contributed by atoms with Gasteiger partial charge in [0.2, 0.25) is 0 Å². The molecule has 0 amide bonds. The van der Waals surface area contributed by atoms with Crippen molar-refractivity contribution in [2.45, 2.75) is 0 Å². The largest absolute Gasteiger partial charge is 0.208 e. The second kappa shape index (κ2) is 12.4. The number of thiophene rings is 1. The molecule has 0 saturated carbocycles. The van der Waals surface area contributed by atoms with Crippen LogP contribution in [0, 0.1) is 0 Å². The van der Waals surface area contributed by atoms with Crippen LogP contribution in [0.15, 0.2) is 176 Å². The van der Waals surface area contributed by atoms with E-state index in [-0.39, 0.29) is 54.8 Å². The van der Waals surface area contributed by atoms with E-state index in [1.54, 1.807) is 0 Å². The molecule has 9 rings (SSSR count). The molecule has 3 nitrogen and oxygen atoms in total. The molecular formula is C45H29N3S. The second-order valence-corrected chi connectivity index (χ2v) is 12.2. The summed E-state index contributed by atoms with van der Waals surface area (Å²) in [5, 5.41) is 0.118. The molecule has 0 saturated heterocycles. The molecule has 0 fully saturated rings. The third-order valence-electron chi connectivity index (χ3n) is 8.18. The van der Waals surface area contributed by atoms with Gasteiger partial charge in [0.05, 0.1) is 15.1 Å². The molecule has 0 unspecified atom stereocenters. The summed E-state index contributed by atoms with van der Waals surface area (Å²) in [6.07, 6.45) is 0. The van der Waals surface area contributed by atoms with Crippen molar-refractivity contribution in [3.8, 4) is 67.5 Å². The molecule has 0 bridgehead atoms. The summed E-state index contributed by atoms with van der Waals surface area (Å²) in [4.78, 5) is 14.7. The van der Waals surface area contributed by atoms with Gasteiger partial charge in [-0.15, -0.1) is 11.3 Å². The van der Waals surface area contributed by atoms with Crippen molar-refractivity contribution in [2.75, 3.05) is 0 Å². The van der Waals surface area contributed by atoms with E-state index in [9.17, 15) is 2.74 Å². The van der Waals surface area contributed by atoms with Crippen LogP contribution in [0.3, 0.4) is 0 Å². The van der Waals surface area contributed by atoms with Crippen molar-refractivity contribution in [3.63, 3.8) is 0 Å². The molecule has 0 aliphatic rings. The van der Waals surface area contributed by atoms with Gasteiger partial charge in [0, 0.05) is 36.9 Å². The van der Waals surface area contributed by atoms with Crippen LogP contribution in [0.25, 0.3) is 87.7 Å². The van der Waals surface area contributed by atoms with E-state index < -0.39 is 66.0 Å². The van der Waals surface area contributed by atoms with Gasteiger partial charge in [-0.3, -0.25) is 0 Å². The lowest BCUT2D eigenvalue weighted by Gasteiger charge is -2.11. The Morgan fingerprint density at radius 2 is 0.918 bits per heavy atom. The van der Waals surface area contributed by atoms with E-state index in [0.717, 1.165) is 33.6 Å². The summed E-state index contributed by atoms with van der Waals surface area (Å²) in [5.41, 5.74) is 4.42. The quantitative estimate of drug-likeness (QED) is 0.179. The Balaban J connectivity index is 1.34. The van der Waals surface area contributed by atoms with Crippen LogP contribution in [0.4, 0.5) is 0 Å². The summed E-state index contributed by atoms with van der Waals surface area (Å²) in [6, 6.07) is 29.2. The van der Waals surface area contributed by atoms with Gasteiger partial charge in [0.15, 0.2) is 17.5 Å². The zero-order chi connectivity index (χ0) is 42.1. The fraction of sp³-hybridized carbons (Fsp3) is 0. The van der Waals surface area contributed by atoms with Crippen molar-refractivity contribution in [2.24, 2.45) is 0 Å². The molecule has 0 radical (unpaired) electrons. The van der Waals surface area contributed by atoms with Crippen LogP contribution >= 0.6 is 11.3 Å². The number of nitrogens with zero attached hydrogens (tertiary/aromatic N) is 3. The molecule has 2 aromatic heterocycles. The third-order valence-corrected chi connectivity index (χ3v) is 9.20. The minimum atomic E-state index is -0.660. The maximum Gasteiger partial charge on any atom is 0.164 e. The molecule has 7 aromatic carbocycles. The Labute approximate surface area is 304 Å². The van der Waals surface area contributed by atoms with Gasteiger partial charge in [-0.2, -0.15) is 0 Å². The summed E-state index contributed by atoms with van der Waals surface area (Å²) >= 11 is 0.909. The van der Waals surface area contributed by atoms with Crippen LogP contribution in [-0.2, 0) is 0 Å². The van der Waals surface area contributed by atoms with E-state index in [1.807, 2.05) is 109 Å². The number of rotatable bonds is 6. The molecule has 0 atom stereocenters. The lowest BCUT2D eigenvalue weighted by molar-refractivity contribution is 1.08. The molecule has 0 N–H and O–H groups in total. The minimum absolute atomic E-state index is 0.0118. The van der Waals surface area contributed by atoms with Gasteiger partial charge in [-0.05, 0) is 51.5 Å². The Bertz CT molecular complexity index is 3060. The normalized spacial score (nSPS) is 14.4. The number of hydrogen-bond donors (Lipinski definition) is 0. The predicted octanol–water partition coefficient (Wildman–Crippen LogP) is 12.2. The van der Waals surface area contributed by atoms with Gasteiger partial charge < -0.3 is 0 Å². The summed E-state index contributed by atoms with van der Waals surface area (Å²) in [6.45, 7) is 0. The third kappa shape index (κ3) is 5.58. The maximum absolute atomic E-state index is 9.54. The van der Waals surface area contributed by atoms with Crippen LogP contribution in [0.1, 0.15) is 15.1 Å². The van der Waals surface area contributed by atoms with Gasteiger partial charge in [-0.25, -0.2) is 15.0 Å². The molecule has 9 aromatic rings. The second-order valence-electron chi connectivity index (χ2n) is 11.2. The standard InChI is InChI=1S/C45H29N3S/c1-4-11-30(12-5-1)33-19-23-35(24-20-33)43-46-44(36-25-21-34(22-26-36)31-13-6-2-7-14-31)48-45(47-43)38-17-10-18-41-42(38)39-29-37(27-28-40(39)49-41)32-15-8-3-9-16-32/h1-29H/i3D,8D,9D,10D,15D,16D,17D,18D,27D,28D,29D. The molecule has 49 heavy (non-hydrogen) atoms. The molecule has 0 aliphatic carbocycles. The first-order valence-corrected chi connectivity index (χ1v) is 16.3. The monoisotopic (exact) mass is 654 g/mol. The predicted molar refractivity (Wildman–Crippen MR) is 205 cm³/mol. The first-order valence-electron chi connectivity index (χ1n) is 21.0. The van der Waals surface area contributed by atoms with E-state index in [4.69, 9.17) is 27.3 Å². The fourth-order valence-electron chi connectivity index (χ4n) is 5.75. The Morgan fingerprint density at radius 1 is 0.388 bits per heavy atom. The highest BCUT2D eigenvalue weighted by molar-refractivity contribution is 7.26. The van der Waals surface area contributed by atoms with Crippen molar-refractivity contribution >= 4 is 31.5 Å². The van der Waals surface area contributed by atoms with Crippen molar-refractivity contribution in [3.05, 3.63) is 176 Å². The van der Waals surface area contributed by atoms with E-state index in [1.165, 1.54) is 0 Å². The van der Waals surface area contributed by atoms with E-state index >= 15 is 0 Å². The lowest BCUT2D eigenvalue weighted by Crippen LogP contribution is -2.00. The minimum Gasteiger partial charge on any atom is -0.208 e. The number of fused-ring (bicyclic) bond motifs is 3. The SMILES string of the molecule is [2H]c1c([2H])c([2H])c(-c2c([2H])c([2H])c3sc4c([2H])c([2H])c([2H])c(-c5nc(-c6ccc(-c7ccccc7)cc6)nc(-c6ccc(-c7ccccc7)cc6)n5)c4c3c2[2H])c([2H])c1[2H]. The van der Waals surface area contributed by atoms with Crippen LogP contribution in [0.5, 0.6) is 0 Å². The highest BCUT2D eigenvalue weighted by Crippen LogP contribution is 2.41. The highest BCUT2D eigenvalue weighted by Gasteiger charge is 2.18. The van der Waals surface area contributed by atoms with Crippen LogP contribution < -0.4 is 0 Å². The topological polar surface area (TPSA) is 38.7 Å². The van der Waals surface area contributed by atoms with Crippen molar-refractivity contribution in [1.29, 1.82) is 0 Å². The molecular weight excluding hydrogens is 615 g/mol. The average molecular weight is 655 g/mol. The van der Waals surface area contributed by atoms with Crippen LogP contribution in [-0.4, -0.2) is 15.0 Å². The van der Waals surface area contributed by atoms with Gasteiger partial charge in [-0.1, -0.05) is 158 Å². The van der Waals surface area contributed by atoms with Gasteiger partial charge in [0.25, 0.3) is 0 Å². The summed E-state index contributed by atoms with van der Waals surface area (Å²) in [7, 11) is 0. The number of hydrogen-bond acceptors (Lipinski definition) is 4. The van der Waals surface area contributed by atoms with Crippen molar-refractivity contribution < 1.29 is 15.1 Å². The first kappa shape index (κ1) is 19.6. The zero-order valence-electron chi connectivity index (χ0n) is 36.6. The van der Waals surface area contributed by atoms with Gasteiger partial charge in [0.1, 0.15) is 0 Å². The van der Waals surface area contributed by atoms with Gasteiger partial charge >= 0.3 is 0 Å². The van der Waals surface area contributed by atoms with E-state index in [2.05, 4.69) is 0 Å². The summed E-state index contributed by atoms with van der Waals surface area (Å²) < 4.78 is 97.1. The molecule has 2 heterocycles. The molecule has 230 valence electrons. The number of aromatic nitrogens is 3. The van der Waals surface area contributed by atoms with Crippen LogP contribution in [0.2, 0.25) is 0 Å². The maximum atomic E-state index is 9.54. The molecule has 0 aliphatic heterocycles. The Hall–Kier alpha value is -6.23. The van der Waals surface area contributed by atoms with Crippen molar-refractivity contribution in [1.82, 2.24) is 15.0 Å². The number of benzene rings is 7. The first-order chi connectivity index (χ1) is 28.8. The van der Waals surface area contributed by atoms with E-state index in [0.29, 0.717) is 11.1 Å². The Kier molecular flexibility index (Phi) is 4.96. The average Bonchev–Trinajstić information content (AvgIpc) is 3.69.